The molecule has 8 heteroatoms. The van der Waals surface area contributed by atoms with E-state index < -0.39 is 23.8 Å². The summed E-state index contributed by atoms with van der Waals surface area (Å²) in [5.41, 5.74) is 0.206. The standard InChI is InChI=1S/C16H26ClO5PS/c1-11(2)14-8-7-9-15(17)16(14)24(19,20)21-10-23(18,13(5)6)22-12(3)4/h7-9,11-13H,10H2,1-6H3. The predicted octanol–water partition coefficient (Wildman–Crippen LogP) is 5.24. The summed E-state index contributed by atoms with van der Waals surface area (Å²) in [4.78, 5) is -0.0680. The summed E-state index contributed by atoms with van der Waals surface area (Å²) in [6.07, 6.45) is -0.801. The Balaban J connectivity index is 3.18. The van der Waals surface area contributed by atoms with Crippen LogP contribution in [0, 0.1) is 0 Å². The van der Waals surface area contributed by atoms with Gasteiger partial charge < -0.3 is 4.52 Å². The van der Waals surface area contributed by atoms with Crippen LogP contribution in [-0.4, -0.2) is 26.5 Å². The van der Waals surface area contributed by atoms with Gasteiger partial charge in [0.1, 0.15) is 11.2 Å². The summed E-state index contributed by atoms with van der Waals surface area (Å²) in [6, 6.07) is 4.88. The minimum absolute atomic E-state index is 0.0547. The minimum atomic E-state index is -4.15. The van der Waals surface area contributed by atoms with Crippen molar-refractivity contribution in [3.8, 4) is 0 Å². The average molecular weight is 397 g/mol. The molecule has 0 bridgehead atoms. The van der Waals surface area contributed by atoms with Crippen LogP contribution < -0.4 is 0 Å². The molecule has 1 atom stereocenters. The second-order valence-electron chi connectivity index (χ2n) is 6.49. The van der Waals surface area contributed by atoms with Crippen molar-refractivity contribution < 1.29 is 21.7 Å². The first-order chi connectivity index (χ1) is 10.9. The lowest BCUT2D eigenvalue weighted by atomic mass is 10.0. The molecule has 0 aliphatic carbocycles. The quantitative estimate of drug-likeness (QED) is 0.444. The molecule has 0 spiro atoms. The van der Waals surface area contributed by atoms with Crippen molar-refractivity contribution in [2.45, 2.75) is 64.1 Å². The molecule has 0 fully saturated rings. The van der Waals surface area contributed by atoms with E-state index in [2.05, 4.69) is 0 Å². The third-order valence-corrected chi connectivity index (χ3v) is 8.26. The molecule has 5 nitrogen and oxygen atoms in total. The minimum Gasteiger partial charge on any atom is -0.324 e. The Kier molecular flexibility index (Phi) is 7.51. The van der Waals surface area contributed by atoms with Gasteiger partial charge in [-0.05, 0) is 31.4 Å². The molecule has 138 valence electrons. The smallest absolute Gasteiger partial charge is 0.299 e. The Labute approximate surface area is 150 Å². The van der Waals surface area contributed by atoms with E-state index in [1.54, 1.807) is 39.8 Å². The Bertz CT molecular complexity index is 713. The molecule has 0 aromatic heterocycles. The highest BCUT2D eigenvalue weighted by Crippen LogP contribution is 2.53. The fraction of sp³-hybridized carbons (Fsp3) is 0.625. The first-order valence-corrected chi connectivity index (χ1v) is 11.5. The van der Waals surface area contributed by atoms with Gasteiger partial charge in [0, 0.05) is 5.66 Å². The van der Waals surface area contributed by atoms with Gasteiger partial charge in [-0.15, -0.1) is 0 Å². The zero-order valence-electron chi connectivity index (χ0n) is 14.9. The number of hydrogen-bond acceptors (Lipinski definition) is 5. The molecule has 0 aliphatic heterocycles. The fourth-order valence-corrected chi connectivity index (χ4v) is 6.05. The van der Waals surface area contributed by atoms with E-state index in [1.165, 1.54) is 6.07 Å². The summed E-state index contributed by atoms with van der Waals surface area (Å²) < 4.78 is 48.7. The summed E-state index contributed by atoms with van der Waals surface area (Å²) in [7, 11) is -7.42. The molecule has 1 rings (SSSR count). The van der Waals surface area contributed by atoms with Gasteiger partial charge in [0.15, 0.2) is 0 Å². The van der Waals surface area contributed by atoms with E-state index in [4.69, 9.17) is 20.3 Å². The normalized spacial score (nSPS) is 15.2. The lowest BCUT2D eigenvalue weighted by Gasteiger charge is -2.24. The summed E-state index contributed by atoms with van der Waals surface area (Å²) in [5, 5.41) is 0.0883. The van der Waals surface area contributed by atoms with Crippen molar-refractivity contribution in [3.63, 3.8) is 0 Å². The van der Waals surface area contributed by atoms with E-state index in [0.29, 0.717) is 5.56 Å². The van der Waals surface area contributed by atoms with Crippen LogP contribution in [0.15, 0.2) is 23.1 Å². The maximum Gasteiger partial charge on any atom is 0.299 e. The molecule has 24 heavy (non-hydrogen) atoms. The number of rotatable bonds is 8. The van der Waals surface area contributed by atoms with E-state index >= 15 is 0 Å². The predicted molar refractivity (Wildman–Crippen MR) is 97.6 cm³/mol. The van der Waals surface area contributed by atoms with E-state index in [-0.39, 0.29) is 27.6 Å². The van der Waals surface area contributed by atoms with Crippen molar-refractivity contribution in [2.24, 2.45) is 0 Å². The van der Waals surface area contributed by atoms with Crippen molar-refractivity contribution in [1.82, 2.24) is 0 Å². The van der Waals surface area contributed by atoms with Crippen LogP contribution in [0.5, 0.6) is 0 Å². The molecular formula is C16H26ClO5PS. The van der Waals surface area contributed by atoms with E-state index in [9.17, 15) is 13.0 Å². The number of halogens is 1. The maximum atomic E-state index is 12.9. The van der Waals surface area contributed by atoms with Gasteiger partial charge in [0.25, 0.3) is 10.1 Å². The lowest BCUT2D eigenvalue weighted by molar-refractivity contribution is 0.224. The topological polar surface area (TPSA) is 69.7 Å². The Morgan fingerprint density at radius 3 is 2.17 bits per heavy atom. The van der Waals surface area contributed by atoms with Crippen molar-refractivity contribution in [1.29, 1.82) is 0 Å². The third-order valence-electron chi connectivity index (χ3n) is 3.43. The third kappa shape index (κ3) is 5.30. The molecule has 0 amide bonds. The van der Waals surface area contributed by atoms with Gasteiger partial charge in [-0.3, -0.25) is 8.75 Å². The van der Waals surface area contributed by atoms with Crippen molar-refractivity contribution >= 4 is 29.1 Å². The van der Waals surface area contributed by atoms with Gasteiger partial charge in [0.05, 0.1) is 11.1 Å². The summed E-state index contributed by atoms with van der Waals surface area (Å²) in [5.74, 6) is -0.0547. The molecule has 0 aliphatic rings. The van der Waals surface area contributed by atoms with Gasteiger partial charge in [0.2, 0.25) is 7.37 Å². The Morgan fingerprint density at radius 2 is 1.71 bits per heavy atom. The highest BCUT2D eigenvalue weighted by Gasteiger charge is 2.33. The first kappa shape index (κ1) is 21.7. The van der Waals surface area contributed by atoms with Crippen LogP contribution in [0.4, 0.5) is 0 Å². The summed E-state index contributed by atoms with van der Waals surface area (Å²) in [6.45, 7) is 10.7. The number of hydrogen-bond donors (Lipinski definition) is 0. The lowest BCUT2D eigenvalue weighted by Crippen LogP contribution is -2.17. The molecule has 0 N–H and O–H groups in total. The second-order valence-corrected chi connectivity index (χ2v) is 11.4. The van der Waals surface area contributed by atoms with Crippen LogP contribution in [0.2, 0.25) is 5.02 Å². The molecule has 1 unspecified atom stereocenters. The van der Waals surface area contributed by atoms with Crippen LogP contribution in [0.25, 0.3) is 0 Å². The van der Waals surface area contributed by atoms with Gasteiger partial charge >= 0.3 is 0 Å². The molecule has 0 radical (unpaired) electrons. The van der Waals surface area contributed by atoms with E-state index in [1.807, 2.05) is 13.8 Å². The van der Waals surface area contributed by atoms with E-state index in [0.717, 1.165) is 0 Å². The zero-order chi connectivity index (χ0) is 18.7. The molecule has 1 aromatic rings. The Hall–Kier alpha value is -0.390. The van der Waals surface area contributed by atoms with Crippen molar-refractivity contribution in [3.05, 3.63) is 28.8 Å². The zero-order valence-corrected chi connectivity index (χ0v) is 17.4. The van der Waals surface area contributed by atoms with Gasteiger partial charge in [-0.1, -0.05) is 51.4 Å². The van der Waals surface area contributed by atoms with Crippen LogP contribution in [0.3, 0.4) is 0 Å². The molecular weight excluding hydrogens is 371 g/mol. The maximum absolute atomic E-state index is 12.9. The molecule has 1 aromatic carbocycles. The SMILES string of the molecule is CC(C)OP(=O)(COS(=O)(=O)c1c(Cl)cccc1C(C)C)C(C)C. The van der Waals surface area contributed by atoms with Crippen molar-refractivity contribution in [2.75, 3.05) is 6.35 Å². The van der Waals surface area contributed by atoms with Gasteiger partial charge in [-0.25, -0.2) is 0 Å². The fourth-order valence-electron chi connectivity index (χ4n) is 2.10. The average Bonchev–Trinajstić information content (AvgIpc) is 2.43. The van der Waals surface area contributed by atoms with Crippen LogP contribution >= 0.6 is 19.0 Å². The summed E-state index contributed by atoms with van der Waals surface area (Å²) >= 11 is 6.10. The second kappa shape index (κ2) is 8.33. The van der Waals surface area contributed by atoms with Crippen LogP contribution in [-0.2, 0) is 23.4 Å². The monoisotopic (exact) mass is 396 g/mol. The van der Waals surface area contributed by atoms with Gasteiger partial charge in [-0.2, -0.15) is 8.42 Å². The molecule has 0 saturated carbocycles. The highest BCUT2D eigenvalue weighted by atomic mass is 35.5. The molecule has 0 heterocycles. The first-order valence-electron chi connectivity index (χ1n) is 7.85. The largest absolute Gasteiger partial charge is 0.324 e. The number of benzene rings is 1. The highest BCUT2D eigenvalue weighted by molar-refractivity contribution is 7.87. The van der Waals surface area contributed by atoms with Crippen LogP contribution in [0.1, 0.15) is 53.0 Å². The Morgan fingerprint density at radius 1 is 1.12 bits per heavy atom. The molecule has 0 saturated heterocycles.